The van der Waals surface area contributed by atoms with Gasteiger partial charge in [0.25, 0.3) is 0 Å². The first kappa shape index (κ1) is 25.3. The number of halogens is 5. The Kier molecular flexibility index (Phi) is 8.24. The summed E-state index contributed by atoms with van der Waals surface area (Å²) in [5, 5.41) is 16.4. The smallest absolute Gasteiger partial charge is 0.406 e. The maximum absolute atomic E-state index is 12.7. The molecule has 33 heavy (non-hydrogen) atoms. The van der Waals surface area contributed by atoms with E-state index in [1.54, 1.807) is 24.3 Å². The van der Waals surface area contributed by atoms with Crippen LogP contribution in [0.4, 0.5) is 30.6 Å². The average molecular weight is 593 g/mol. The minimum Gasteiger partial charge on any atom is -0.406 e. The van der Waals surface area contributed by atoms with Crippen molar-refractivity contribution in [1.29, 1.82) is 0 Å². The molecule has 11 heteroatoms. The molecule has 1 aromatic heterocycles. The summed E-state index contributed by atoms with van der Waals surface area (Å²) in [5.41, 5.74) is 1.35. The van der Waals surface area contributed by atoms with Crippen LogP contribution >= 0.6 is 34.2 Å². The minimum atomic E-state index is -4.81. The van der Waals surface area contributed by atoms with Crippen LogP contribution in [-0.2, 0) is 0 Å². The van der Waals surface area contributed by atoms with Gasteiger partial charge in [-0.05, 0) is 58.8 Å². The second kappa shape index (κ2) is 10.7. The molecule has 0 spiro atoms. The van der Waals surface area contributed by atoms with Crippen molar-refractivity contribution in [2.45, 2.75) is 26.3 Å². The highest BCUT2D eigenvalue weighted by Crippen LogP contribution is 2.31. The topological polar surface area (TPSA) is 79.3 Å². The first-order chi connectivity index (χ1) is 15.5. The van der Waals surface area contributed by atoms with Gasteiger partial charge in [-0.2, -0.15) is 4.98 Å². The predicted molar refractivity (Wildman–Crippen MR) is 131 cm³/mol. The van der Waals surface area contributed by atoms with Gasteiger partial charge < -0.3 is 20.5 Å². The number of nitrogens with zero attached hydrogens (tertiary/aromatic N) is 2. The van der Waals surface area contributed by atoms with Crippen molar-refractivity contribution in [2.75, 3.05) is 17.2 Å². The van der Waals surface area contributed by atoms with Crippen LogP contribution in [0, 0.1) is 9.49 Å². The summed E-state index contributed by atoms with van der Waals surface area (Å²) in [4.78, 5) is 8.90. The molecule has 0 aliphatic carbocycles. The lowest BCUT2D eigenvalue weighted by Gasteiger charge is -2.21. The van der Waals surface area contributed by atoms with Crippen LogP contribution in [0.15, 0.2) is 48.5 Å². The van der Waals surface area contributed by atoms with Gasteiger partial charge in [-0.25, -0.2) is 4.98 Å². The van der Waals surface area contributed by atoms with E-state index in [-0.39, 0.29) is 30.3 Å². The standard InChI is InChI=1S/C22H21ClF3IN4O2/c1-12(2)19(11-32)30-21-29-18(13-4-3-5-15(8-13)33-22(24,25)26)10-20(31-21)28-17-7-6-14(27)9-16(17)23/h3-10,12,19,32H,11H2,1-2H3,(H2,28,29,30,31)/t19-/m0/s1. The van der Waals surface area contributed by atoms with Crippen molar-refractivity contribution in [3.63, 3.8) is 0 Å². The zero-order valence-electron chi connectivity index (χ0n) is 17.6. The van der Waals surface area contributed by atoms with Gasteiger partial charge in [-0.3, -0.25) is 0 Å². The van der Waals surface area contributed by atoms with Crippen molar-refractivity contribution in [1.82, 2.24) is 9.97 Å². The van der Waals surface area contributed by atoms with E-state index in [4.69, 9.17) is 11.6 Å². The summed E-state index contributed by atoms with van der Waals surface area (Å²) in [5.74, 6) is 0.284. The molecule has 0 fully saturated rings. The molecular formula is C22H21ClF3IN4O2. The number of hydrogen-bond donors (Lipinski definition) is 3. The Morgan fingerprint density at radius 2 is 1.88 bits per heavy atom. The summed E-state index contributed by atoms with van der Waals surface area (Å²) < 4.78 is 43.0. The SMILES string of the molecule is CC(C)[C@H](CO)Nc1nc(Nc2ccc(I)cc2Cl)cc(-c2cccc(OC(F)(F)F)c2)n1. The first-order valence-electron chi connectivity index (χ1n) is 9.89. The number of rotatable bonds is 8. The third-order valence-electron chi connectivity index (χ3n) is 4.60. The number of hydrogen-bond acceptors (Lipinski definition) is 6. The fourth-order valence-corrected chi connectivity index (χ4v) is 3.80. The number of benzene rings is 2. The van der Waals surface area contributed by atoms with E-state index in [0.717, 1.165) is 3.57 Å². The molecule has 1 heterocycles. The van der Waals surface area contributed by atoms with Crippen LogP contribution in [0.25, 0.3) is 11.3 Å². The summed E-state index contributed by atoms with van der Waals surface area (Å²) in [6.45, 7) is 3.71. The summed E-state index contributed by atoms with van der Waals surface area (Å²) in [7, 11) is 0. The fraction of sp³-hybridized carbons (Fsp3) is 0.273. The van der Waals surface area contributed by atoms with Crippen LogP contribution in [0.1, 0.15) is 13.8 Å². The Balaban J connectivity index is 2.02. The van der Waals surface area contributed by atoms with Crippen LogP contribution in [0.5, 0.6) is 5.75 Å². The van der Waals surface area contributed by atoms with Gasteiger partial charge in [0.1, 0.15) is 11.6 Å². The van der Waals surface area contributed by atoms with Crippen molar-refractivity contribution in [3.05, 3.63) is 57.1 Å². The molecule has 3 rings (SSSR count). The van der Waals surface area contributed by atoms with Crippen molar-refractivity contribution in [3.8, 4) is 17.0 Å². The van der Waals surface area contributed by atoms with Crippen LogP contribution in [-0.4, -0.2) is 34.1 Å². The predicted octanol–water partition coefficient (Wildman–Crippen LogP) is 6.47. The molecule has 1 atom stereocenters. The molecule has 176 valence electrons. The Morgan fingerprint density at radius 1 is 1.12 bits per heavy atom. The minimum absolute atomic E-state index is 0.0767. The first-order valence-corrected chi connectivity index (χ1v) is 11.3. The lowest BCUT2D eigenvalue weighted by molar-refractivity contribution is -0.274. The molecule has 0 saturated heterocycles. The molecule has 0 saturated carbocycles. The maximum atomic E-state index is 12.7. The van der Waals surface area contributed by atoms with E-state index < -0.39 is 6.36 Å². The lowest BCUT2D eigenvalue weighted by Crippen LogP contribution is -2.30. The van der Waals surface area contributed by atoms with Gasteiger partial charge in [0.15, 0.2) is 0 Å². The molecule has 0 radical (unpaired) electrons. The van der Waals surface area contributed by atoms with Gasteiger partial charge in [-0.1, -0.05) is 37.6 Å². The summed E-state index contributed by atoms with van der Waals surface area (Å²) >= 11 is 8.47. The van der Waals surface area contributed by atoms with E-state index in [9.17, 15) is 18.3 Å². The Morgan fingerprint density at radius 3 is 2.52 bits per heavy atom. The third kappa shape index (κ3) is 7.34. The second-order valence-corrected chi connectivity index (χ2v) is 9.12. The molecule has 0 unspecified atom stereocenters. The van der Waals surface area contributed by atoms with Crippen molar-refractivity contribution < 1.29 is 23.0 Å². The van der Waals surface area contributed by atoms with Gasteiger partial charge in [0, 0.05) is 15.2 Å². The molecule has 3 aromatic rings. The highest BCUT2D eigenvalue weighted by Gasteiger charge is 2.31. The quantitative estimate of drug-likeness (QED) is 0.260. The summed E-state index contributed by atoms with van der Waals surface area (Å²) in [6, 6.07) is 12.2. The van der Waals surface area contributed by atoms with E-state index in [2.05, 4.69) is 47.9 Å². The molecule has 2 aromatic carbocycles. The van der Waals surface area contributed by atoms with Crippen molar-refractivity contribution >= 4 is 51.6 Å². The molecule has 3 N–H and O–H groups in total. The highest BCUT2D eigenvalue weighted by atomic mass is 127. The molecule has 0 bridgehead atoms. The Bertz CT molecular complexity index is 1120. The Hall–Kier alpha value is -2.31. The normalized spacial score (nSPS) is 12.5. The van der Waals surface area contributed by atoms with E-state index in [0.29, 0.717) is 27.8 Å². The molecule has 0 amide bonds. The second-order valence-electron chi connectivity index (χ2n) is 7.46. The van der Waals surface area contributed by atoms with E-state index >= 15 is 0 Å². The van der Waals surface area contributed by atoms with Crippen LogP contribution < -0.4 is 15.4 Å². The lowest BCUT2D eigenvalue weighted by atomic mass is 10.1. The summed E-state index contributed by atoms with van der Waals surface area (Å²) in [6.07, 6.45) is -4.81. The molecular weight excluding hydrogens is 572 g/mol. The molecule has 0 aliphatic heterocycles. The van der Waals surface area contributed by atoms with Crippen LogP contribution in [0.3, 0.4) is 0 Å². The zero-order chi connectivity index (χ0) is 24.2. The fourth-order valence-electron chi connectivity index (χ4n) is 2.89. The maximum Gasteiger partial charge on any atom is 0.573 e. The van der Waals surface area contributed by atoms with Gasteiger partial charge >= 0.3 is 6.36 Å². The van der Waals surface area contributed by atoms with Gasteiger partial charge in [-0.15, -0.1) is 13.2 Å². The number of aromatic nitrogens is 2. The number of anilines is 3. The highest BCUT2D eigenvalue weighted by molar-refractivity contribution is 14.1. The van der Waals surface area contributed by atoms with Gasteiger partial charge in [0.05, 0.1) is 29.1 Å². The number of alkyl halides is 3. The van der Waals surface area contributed by atoms with Crippen LogP contribution in [0.2, 0.25) is 5.02 Å². The molecule has 6 nitrogen and oxygen atoms in total. The largest absolute Gasteiger partial charge is 0.573 e. The van der Waals surface area contributed by atoms with Crippen molar-refractivity contribution in [2.24, 2.45) is 5.92 Å². The van der Waals surface area contributed by atoms with E-state index in [1.165, 1.54) is 18.2 Å². The van der Waals surface area contributed by atoms with Gasteiger partial charge in [0.2, 0.25) is 5.95 Å². The average Bonchev–Trinajstić information content (AvgIpc) is 2.72. The van der Waals surface area contributed by atoms with E-state index in [1.807, 2.05) is 19.9 Å². The third-order valence-corrected chi connectivity index (χ3v) is 5.58. The molecule has 0 aliphatic rings. The number of nitrogens with one attached hydrogen (secondary N) is 2. The monoisotopic (exact) mass is 592 g/mol. The Labute approximate surface area is 207 Å². The number of ether oxygens (including phenoxy) is 1. The number of aliphatic hydroxyl groups is 1. The zero-order valence-corrected chi connectivity index (χ0v) is 20.5. The number of aliphatic hydroxyl groups excluding tert-OH is 1.